The standard InChI is InChI=1S/C15H15NO3/c1-19-10-11-5-4-6-12(9-11)15(18)16-13-7-2-3-8-14(13)17/h2-9,17H,10H2,1H3,(H,16,18). The van der Waals surface area contributed by atoms with Crippen LogP contribution in [0.1, 0.15) is 15.9 Å². The van der Waals surface area contributed by atoms with Crippen LogP contribution in [-0.4, -0.2) is 18.1 Å². The molecule has 0 atom stereocenters. The Hall–Kier alpha value is -2.33. The van der Waals surface area contributed by atoms with Crippen molar-refractivity contribution in [2.24, 2.45) is 0 Å². The third-order valence-corrected chi connectivity index (χ3v) is 2.65. The molecular weight excluding hydrogens is 242 g/mol. The van der Waals surface area contributed by atoms with Crippen molar-refractivity contribution >= 4 is 11.6 Å². The quantitative estimate of drug-likeness (QED) is 0.828. The number of carbonyl (C=O) groups excluding carboxylic acids is 1. The topological polar surface area (TPSA) is 58.6 Å². The number of phenols is 1. The normalized spacial score (nSPS) is 10.2. The van der Waals surface area contributed by atoms with Crippen LogP contribution < -0.4 is 5.32 Å². The highest BCUT2D eigenvalue weighted by molar-refractivity contribution is 6.05. The molecule has 0 radical (unpaired) electrons. The lowest BCUT2D eigenvalue weighted by Crippen LogP contribution is -2.12. The van der Waals surface area contributed by atoms with E-state index in [2.05, 4.69) is 5.32 Å². The minimum absolute atomic E-state index is 0.0453. The number of rotatable bonds is 4. The van der Waals surface area contributed by atoms with Gasteiger partial charge in [0.2, 0.25) is 0 Å². The van der Waals surface area contributed by atoms with E-state index in [1.165, 1.54) is 6.07 Å². The molecule has 4 nitrogen and oxygen atoms in total. The average molecular weight is 257 g/mol. The van der Waals surface area contributed by atoms with Crippen LogP contribution in [0.2, 0.25) is 0 Å². The van der Waals surface area contributed by atoms with Gasteiger partial charge in [-0.05, 0) is 29.8 Å². The van der Waals surface area contributed by atoms with Crippen molar-refractivity contribution in [3.8, 4) is 5.75 Å². The van der Waals surface area contributed by atoms with Crippen LogP contribution in [0, 0.1) is 0 Å². The summed E-state index contributed by atoms with van der Waals surface area (Å²) in [5.41, 5.74) is 1.84. The van der Waals surface area contributed by atoms with Crippen LogP contribution in [0.3, 0.4) is 0 Å². The SMILES string of the molecule is COCc1cccc(C(=O)Nc2ccccc2O)c1. The molecule has 0 saturated carbocycles. The number of methoxy groups -OCH3 is 1. The van der Waals surface area contributed by atoms with E-state index in [1.807, 2.05) is 6.07 Å². The number of nitrogens with one attached hydrogen (secondary N) is 1. The summed E-state index contributed by atoms with van der Waals surface area (Å²) in [4.78, 5) is 12.1. The maximum atomic E-state index is 12.1. The number of amides is 1. The molecule has 2 aromatic carbocycles. The van der Waals surface area contributed by atoms with E-state index in [9.17, 15) is 9.90 Å². The van der Waals surface area contributed by atoms with Crippen molar-refractivity contribution in [3.63, 3.8) is 0 Å². The molecule has 0 heterocycles. The predicted octanol–water partition coefficient (Wildman–Crippen LogP) is 2.79. The molecule has 0 aliphatic heterocycles. The molecule has 0 fully saturated rings. The first-order chi connectivity index (χ1) is 9.20. The van der Waals surface area contributed by atoms with E-state index in [0.29, 0.717) is 17.9 Å². The highest BCUT2D eigenvalue weighted by Gasteiger charge is 2.08. The first kappa shape index (κ1) is 13.1. The third kappa shape index (κ3) is 3.33. The highest BCUT2D eigenvalue weighted by Crippen LogP contribution is 2.22. The van der Waals surface area contributed by atoms with Gasteiger partial charge in [0.15, 0.2) is 0 Å². The Morgan fingerprint density at radius 3 is 2.74 bits per heavy atom. The zero-order valence-corrected chi connectivity index (χ0v) is 10.6. The van der Waals surface area contributed by atoms with Gasteiger partial charge < -0.3 is 15.2 Å². The number of phenolic OH excluding ortho intramolecular Hbond substituents is 1. The smallest absolute Gasteiger partial charge is 0.255 e. The van der Waals surface area contributed by atoms with Crippen molar-refractivity contribution in [2.45, 2.75) is 6.61 Å². The molecule has 0 bridgehead atoms. The molecule has 0 aliphatic rings. The predicted molar refractivity (Wildman–Crippen MR) is 73.2 cm³/mol. The molecule has 4 heteroatoms. The molecule has 0 spiro atoms. The van der Waals surface area contributed by atoms with Crippen LogP contribution >= 0.6 is 0 Å². The van der Waals surface area contributed by atoms with E-state index in [4.69, 9.17) is 4.74 Å². The van der Waals surface area contributed by atoms with Gasteiger partial charge >= 0.3 is 0 Å². The van der Waals surface area contributed by atoms with Gasteiger partial charge in [-0.2, -0.15) is 0 Å². The van der Waals surface area contributed by atoms with Crippen LogP contribution in [0.15, 0.2) is 48.5 Å². The summed E-state index contributed by atoms with van der Waals surface area (Å²) in [7, 11) is 1.61. The zero-order valence-electron chi connectivity index (χ0n) is 10.6. The van der Waals surface area contributed by atoms with Crippen molar-refractivity contribution in [1.29, 1.82) is 0 Å². The first-order valence-corrected chi connectivity index (χ1v) is 5.88. The first-order valence-electron chi connectivity index (χ1n) is 5.88. The fourth-order valence-electron chi connectivity index (χ4n) is 1.74. The van der Waals surface area contributed by atoms with Crippen LogP contribution in [0.5, 0.6) is 5.75 Å². The summed E-state index contributed by atoms with van der Waals surface area (Å²) < 4.78 is 5.03. The van der Waals surface area contributed by atoms with Gasteiger partial charge in [0.25, 0.3) is 5.91 Å². The van der Waals surface area contributed by atoms with Gasteiger partial charge in [-0.25, -0.2) is 0 Å². The van der Waals surface area contributed by atoms with E-state index in [0.717, 1.165) is 5.56 Å². The Morgan fingerprint density at radius 2 is 2.00 bits per heavy atom. The van der Waals surface area contributed by atoms with Gasteiger partial charge in [-0.1, -0.05) is 24.3 Å². The Labute approximate surface area is 111 Å². The molecule has 2 N–H and O–H groups in total. The number of aromatic hydroxyl groups is 1. The number of para-hydroxylation sites is 2. The lowest BCUT2D eigenvalue weighted by Gasteiger charge is -2.08. The van der Waals surface area contributed by atoms with Gasteiger partial charge in [0.05, 0.1) is 12.3 Å². The Balaban J connectivity index is 2.16. The summed E-state index contributed by atoms with van der Waals surface area (Å²) in [5, 5.41) is 12.3. The molecule has 0 unspecified atom stereocenters. The Kier molecular flexibility index (Phi) is 4.15. The molecule has 2 rings (SSSR count). The van der Waals surface area contributed by atoms with Gasteiger partial charge in [0.1, 0.15) is 5.75 Å². The minimum atomic E-state index is -0.264. The van der Waals surface area contributed by atoms with E-state index >= 15 is 0 Å². The molecule has 1 amide bonds. The second-order valence-electron chi connectivity index (χ2n) is 4.10. The summed E-state index contributed by atoms with van der Waals surface area (Å²) >= 11 is 0. The Bertz CT molecular complexity index is 581. The molecule has 0 saturated heterocycles. The second-order valence-corrected chi connectivity index (χ2v) is 4.10. The number of carbonyl (C=O) groups is 1. The lowest BCUT2D eigenvalue weighted by atomic mass is 10.1. The summed E-state index contributed by atoms with van der Waals surface area (Å²) in [6, 6.07) is 13.8. The zero-order chi connectivity index (χ0) is 13.7. The lowest BCUT2D eigenvalue weighted by molar-refractivity contribution is 0.102. The van der Waals surface area contributed by atoms with Crippen molar-refractivity contribution in [3.05, 3.63) is 59.7 Å². The molecule has 2 aromatic rings. The molecule has 19 heavy (non-hydrogen) atoms. The molecule has 0 aromatic heterocycles. The maximum Gasteiger partial charge on any atom is 0.255 e. The summed E-state index contributed by atoms with van der Waals surface area (Å²) in [5.74, 6) is -0.219. The van der Waals surface area contributed by atoms with E-state index < -0.39 is 0 Å². The largest absolute Gasteiger partial charge is 0.506 e. The Morgan fingerprint density at radius 1 is 1.21 bits per heavy atom. The third-order valence-electron chi connectivity index (χ3n) is 2.65. The summed E-state index contributed by atoms with van der Waals surface area (Å²) in [6.45, 7) is 0.456. The van der Waals surface area contributed by atoms with Crippen LogP contribution in [0.4, 0.5) is 5.69 Å². The van der Waals surface area contributed by atoms with E-state index in [-0.39, 0.29) is 11.7 Å². The maximum absolute atomic E-state index is 12.1. The van der Waals surface area contributed by atoms with Gasteiger partial charge in [-0.15, -0.1) is 0 Å². The number of hydrogen-bond donors (Lipinski definition) is 2. The van der Waals surface area contributed by atoms with Gasteiger partial charge in [0, 0.05) is 12.7 Å². The molecular formula is C15H15NO3. The average Bonchev–Trinajstić information content (AvgIpc) is 2.42. The second kappa shape index (κ2) is 6.02. The van der Waals surface area contributed by atoms with Crippen molar-refractivity contribution < 1.29 is 14.6 Å². The fraction of sp³-hybridized carbons (Fsp3) is 0.133. The number of ether oxygens (including phenoxy) is 1. The van der Waals surface area contributed by atoms with Crippen LogP contribution in [0.25, 0.3) is 0 Å². The fourth-order valence-corrected chi connectivity index (χ4v) is 1.74. The van der Waals surface area contributed by atoms with Crippen molar-refractivity contribution in [2.75, 3.05) is 12.4 Å². The van der Waals surface area contributed by atoms with Gasteiger partial charge in [-0.3, -0.25) is 4.79 Å². The van der Waals surface area contributed by atoms with Crippen molar-refractivity contribution in [1.82, 2.24) is 0 Å². The molecule has 0 aliphatic carbocycles. The summed E-state index contributed by atoms with van der Waals surface area (Å²) in [6.07, 6.45) is 0. The monoisotopic (exact) mass is 257 g/mol. The van der Waals surface area contributed by atoms with Crippen LogP contribution in [-0.2, 0) is 11.3 Å². The highest BCUT2D eigenvalue weighted by atomic mass is 16.5. The number of anilines is 1. The number of hydrogen-bond acceptors (Lipinski definition) is 3. The number of benzene rings is 2. The molecule has 98 valence electrons. The minimum Gasteiger partial charge on any atom is -0.506 e. The van der Waals surface area contributed by atoms with E-state index in [1.54, 1.807) is 43.5 Å².